The normalized spacial score (nSPS) is 18.7. The number of rotatable bonds is 2. The van der Waals surface area contributed by atoms with E-state index in [4.69, 9.17) is 0 Å². The molecular weight excluding hydrogens is 238 g/mol. The van der Waals surface area contributed by atoms with E-state index in [1.54, 1.807) is 6.20 Å². The van der Waals surface area contributed by atoms with Crippen LogP contribution in [0.5, 0.6) is 0 Å². The number of hydrogen-bond donors (Lipinski definition) is 2. The summed E-state index contributed by atoms with van der Waals surface area (Å²) in [6, 6.07) is 7.77. The van der Waals surface area contributed by atoms with Crippen LogP contribution in [0.3, 0.4) is 0 Å². The lowest BCUT2D eigenvalue weighted by molar-refractivity contribution is -0.117. The molecule has 2 N–H and O–H groups in total. The van der Waals surface area contributed by atoms with Gasteiger partial charge < -0.3 is 10.6 Å². The van der Waals surface area contributed by atoms with E-state index in [1.807, 2.05) is 31.2 Å². The second-order valence-corrected chi connectivity index (χ2v) is 4.97. The van der Waals surface area contributed by atoms with Gasteiger partial charge in [0.25, 0.3) is 0 Å². The fourth-order valence-electron chi connectivity index (χ4n) is 2.55. The molecular formula is C15H17N3O. The van der Waals surface area contributed by atoms with E-state index < -0.39 is 0 Å². The van der Waals surface area contributed by atoms with Crippen molar-refractivity contribution in [2.75, 3.05) is 11.9 Å². The van der Waals surface area contributed by atoms with Gasteiger partial charge in [-0.2, -0.15) is 0 Å². The third-order valence-corrected chi connectivity index (χ3v) is 3.61. The predicted molar refractivity (Wildman–Crippen MR) is 76.1 cm³/mol. The molecule has 2 aromatic rings. The van der Waals surface area contributed by atoms with E-state index >= 15 is 0 Å². The van der Waals surface area contributed by atoms with Crippen molar-refractivity contribution < 1.29 is 4.79 Å². The summed E-state index contributed by atoms with van der Waals surface area (Å²) in [5.41, 5.74) is 2.90. The Morgan fingerprint density at radius 2 is 2.32 bits per heavy atom. The van der Waals surface area contributed by atoms with Gasteiger partial charge >= 0.3 is 0 Å². The van der Waals surface area contributed by atoms with Crippen molar-refractivity contribution in [2.24, 2.45) is 0 Å². The molecule has 0 aliphatic carbocycles. The van der Waals surface area contributed by atoms with Crippen LogP contribution in [0.25, 0.3) is 10.9 Å². The lowest BCUT2D eigenvalue weighted by Crippen LogP contribution is -2.35. The zero-order valence-electron chi connectivity index (χ0n) is 10.9. The zero-order chi connectivity index (χ0) is 13.2. The van der Waals surface area contributed by atoms with E-state index in [2.05, 4.69) is 15.6 Å². The van der Waals surface area contributed by atoms with Crippen molar-refractivity contribution >= 4 is 22.5 Å². The molecule has 1 aliphatic heterocycles. The van der Waals surface area contributed by atoms with Gasteiger partial charge in [-0.15, -0.1) is 0 Å². The smallest absolute Gasteiger partial charge is 0.241 e. The number of hydrogen-bond acceptors (Lipinski definition) is 3. The predicted octanol–water partition coefficient (Wildman–Crippen LogP) is 2.23. The van der Waals surface area contributed by atoms with Crippen LogP contribution in [-0.2, 0) is 4.79 Å². The molecule has 19 heavy (non-hydrogen) atoms. The third kappa shape index (κ3) is 2.31. The lowest BCUT2D eigenvalue weighted by atomic mass is 10.1. The Morgan fingerprint density at radius 1 is 1.42 bits per heavy atom. The lowest BCUT2D eigenvalue weighted by Gasteiger charge is -2.13. The van der Waals surface area contributed by atoms with E-state index in [-0.39, 0.29) is 11.9 Å². The highest BCUT2D eigenvalue weighted by atomic mass is 16.2. The van der Waals surface area contributed by atoms with Gasteiger partial charge in [0, 0.05) is 11.6 Å². The van der Waals surface area contributed by atoms with Crippen LogP contribution in [0.1, 0.15) is 18.4 Å². The van der Waals surface area contributed by atoms with Crippen molar-refractivity contribution in [1.29, 1.82) is 0 Å². The molecule has 4 heteroatoms. The van der Waals surface area contributed by atoms with Crippen molar-refractivity contribution in [3.05, 3.63) is 36.0 Å². The van der Waals surface area contributed by atoms with Crippen LogP contribution in [0.4, 0.5) is 5.69 Å². The van der Waals surface area contributed by atoms with Gasteiger partial charge in [0.1, 0.15) is 0 Å². The number of benzene rings is 1. The van der Waals surface area contributed by atoms with Crippen molar-refractivity contribution in [3.63, 3.8) is 0 Å². The van der Waals surface area contributed by atoms with Crippen molar-refractivity contribution in [1.82, 2.24) is 10.3 Å². The summed E-state index contributed by atoms with van der Waals surface area (Å²) in [6.45, 7) is 2.95. The first-order valence-corrected chi connectivity index (χ1v) is 6.64. The van der Waals surface area contributed by atoms with Crippen molar-refractivity contribution in [3.8, 4) is 0 Å². The Balaban J connectivity index is 1.92. The quantitative estimate of drug-likeness (QED) is 0.865. The number of carbonyl (C=O) groups excluding carboxylic acids is 1. The number of aromatic nitrogens is 1. The molecule has 0 radical (unpaired) electrons. The molecule has 1 fully saturated rings. The van der Waals surface area contributed by atoms with Crippen molar-refractivity contribution in [2.45, 2.75) is 25.8 Å². The molecule has 1 aliphatic rings. The number of amides is 1. The Morgan fingerprint density at radius 3 is 3.11 bits per heavy atom. The largest absolute Gasteiger partial charge is 0.324 e. The minimum atomic E-state index is -0.0620. The van der Waals surface area contributed by atoms with Gasteiger partial charge in [0.2, 0.25) is 5.91 Å². The molecule has 1 atom stereocenters. The maximum absolute atomic E-state index is 12.1. The van der Waals surface area contributed by atoms with E-state index in [0.717, 1.165) is 41.5 Å². The summed E-state index contributed by atoms with van der Waals surface area (Å²) in [4.78, 5) is 16.5. The molecule has 4 nitrogen and oxygen atoms in total. The van der Waals surface area contributed by atoms with Crippen LogP contribution in [0.2, 0.25) is 0 Å². The first kappa shape index (κ1) is 12.1. The average molecular weight is 255 g/mol. The Labute approximate surface area is 112 Å². The maximum atomic E-state index is 12.1. The van der Waals surface area contributed by atoms with E-state index in [1.165, 1.54) is 0 Å². The van der Waals surface area contributed by atoms with Gasteiger partial charge in [0.05, 0.1) is 17.2 Å². The zero-order valence-corrected chi connectivity index (χ0v) is 10.9. The van der Waals surface area contributed by atoms with Crippen LogP contribution in [0, 0.1) is 6.92 Å². The maximum Gasteiger partial charge on any atom is 0.241 e. The van der Waals surface area contributed by atoms with Gasteiger partial charge in [-0.05, 0) is 50.1 Å². The summed E-state index contributed by atoms with van der Waals surface area (Å²) in [5.74, 6) is 0.0477. The number of carbonyl (C=O) groups is 1. The van der Waals surface area contributed by atoms with Gasteiger partial charge in [-0.3, -0.25) is 9.78 Å². The SMILES string of the molecule is Cc1ccc(NC(=O)[C@@H]2CCCN2)c2cccnc12. The average Bonchev–Trinajstić information content (AvgIpc) is 2.96. The molecule has 0 bridgehead atoms. The second-order valence-electron chi connectivity index (χ2n) is 4.97. The van der Waals surface area contributed by atoms with E-state index in [0.29, 0.717) is 0 Å². The third-order valence-electron chi connectivity index (χ3n) is 3.61. The Hall–Kier alpha value is -1.94. The van der Waals surface area contributed by atoms with Gasteiger partial charge in [-0.25, -0.2) is 0 Å². The van der Waals surface area contributed by atoms with Crippen LogP contribution in [0.15, 0.2) is 30.5 Å². The highest BCUT2D eigenvalue weighted by molar-refractivity contribution is 6.03. The topological polar surface area (TPSA) is 54.0 Å². The minimum Gasteiger partial charge on any atom is -0.324 e. The molecule has 0 spiro atoms. The number of nitrogens with one attached hydrogen (secondary N) is 2. The molecule has 1 amide bonds. The second kappa shape index (κ2) is 4.97. The fourth-order valence-corrected chi connectivity index (χ4v) is 2.55. The number of aryl methyl sites for hydroxylation is 1. The number of anilines is 1. The summed E-state index contributed by atoms with van der Waals surface area (Å²) in [6.07, 6.45) is 3.75. The molecule has 98 valence electrons. The first-order chi connectivity index (χ1) is 9.25. The number of fused-ring (bicyclic) bond motifs is 1. The highest BCUT2D eigenvalue weighted by Gasteiger charge is 2.22. The first-order valence-electron chi connectivity index (χ1n) is 6.64. The molecule has 0 saturated carbocycles. The van der Waals surface area contributed by atoms with Gasteiger partial charge in [0.15, 0.2) is 0 Å². The summed E-state index contributed by atoms with van der Waals surface area (Å²) >= 11 is 0. The number of nitrogens with zero attached hydrogens (tertiary/aromatic N) is 1. The van der Waals surface area contributed by atoms with Crippen LogP contribution in [-0.4, -0.2) is 23.5 Å². The van der Waals surface area contributed by atoms with E-state index in [9.17, 15) is 4.79 Å². The Kier molecular flexibility index (Phi) is 3.17. The molecule has 1 aromatic heterocycles. The number of pyridine rings is 1. The molecule has 1 aromatic carbocycles. The summed E-state index contributed by atoms with van der Waals surface area (Å²) < 4.78 is 0. The van der Waals surface area contributed by atoms with Crippen LogP contribution < -0.4 is 10.6 Å². The standard InChI is InChI=1S/C15H17N3O/c1-10-6-7-12(11-4-2-9-17-14(10)11)18-15(19)13-5-3-8-16-13/h2,4,6-7,9,13,16H,3,5,8H2,1H3,(H,18,19)/t13-/m0/s1. The highest BCUT2D eigenvalue weighted by Crippen LogP contribution is 2.25. The summed E-state index contributed by atoms with van der Waals surface area (Å²) in [7, 11) is 0. The Bertz CT molecular complexity index is 618. The monoisotopic (exact) mass is 255 g/mol. The molecule has 0 unspecified atom stereocenters. The molecule has 3 rings (SSSR count). The minimum absolute atomic E-state index is 0.0477. The molecule has 1 saturated heterocycles. The van der Waals surface area contributed by atoms with Crippen LogP contribution >= 0.6 is 0 Å². The molecule has 2 heterocycles. The fraction of sp³-hybridized carbons (Fsp3) is 0.333. The van der Waals surface area contributed by atoms with Gasteiger partial charge in [-0.1, -0.05) is 6.07 Å². The summed E-state index contributed by atoms with van der Waals surface area (Å²) in [5, 5.41) is 7.22.